The summed E-state index contributed by atoms with van der Waals surface area (Å²) in [5.74, 6) is -0.763. The molecule has 0 aliphatic rings. The van der Waals surface area contributed by atoms with Crippen LogP contribution in [0.1, 0.15) is 18.1 Å². The van der Waals surface area contributed by atoms with Crippen LogP contribution in [0, 0.1) is 12.7 Å². The summed E-state index contributed by atoms with van der Waals surface area (Å²) in [4.78, 5) is 27.9. The summed E-state index contributed by atoms with van der Waals surface area (Å²) in [6.45, 7) is 3.97. The van der Waals surface area contributed by atoms with Gasteiger partial charge in [0.15, 0.2) is 0 Å². The first-order valence-corrected chi connectivity index (χ1v) is 8.83. The van der Waals surface area contributed by atoms with Crippen LogP contribution >= 0.6 is 0 Å². The first kappa shape index (κ1) is 20.6. The Morgan fingerprint density at radius 2 is 1.70 bits per heavy atom. The predicted octanol–water partition coefficient (Wildman–Crippen LogP) is 3.05. The topological polar surface area (TPSA) is 52.7 Å². The molecule has 0 saturated carbocycles. The largest absolute Gasteiger partial charge is 0.335 e. The van der Waals surface area contributed by atoms with E-state index < -0.39 is 6.04 Å². The molecule has 0 saturated heterocycles. The molecule has 2 aromatic rings. The van der Waals surface area contributed by atoms with Crippen LogP contribution in [0.4, 0.5) is 10.1 Å². The van der Waals surface area contributed by atoms with Crippen molar-refractivity contribution in [2.45, 2.75) is 26.4 Å². The highest BCUT2D eigenvalue weighted by Gasteiger charge is 2.23. The van der Waals surface area contributed by atoms with E-state index in [0.717, 1.165) is 5.56 Å². The molecular formula is C21H26FN3O2. The Hall–Kier alpha value is -2.73. The zero-order valence-corrected chi connectivity index (χ0v) is 16.2. The van der Waals surface area contributed by atoms with Crippen LogP contribution in [0.15, 0.2) is 48.5 Å². The molecule has 2 rings (SSSR count). The zero-order valence-electron chi connectivity index (χ0n) is 16.2. The van der Waals surface area contributed by atoms with Gasteiger partial charge >= 0.3 is 0 Å². The van der Waals surface area contributed by atoms with Crippen LogP contribution in [0.2, 0.25) is 0 Å². The SMILES string of the molecule is Cc1ccc(NC(=O)CN(C)C(=O)[C@H](C)N(C)Cc2ccccc2F)cc1. The van der Waals surface area contributed by atoms with Crippen molar-refractivity contribution in [1.29, 1.82) is 0 Å². The summed E-state index contributed by atoms with van der Waals surface area (Å²) >= 11 is 0. The van der Waals surface area contributed by atoms with Gasteiger partial charge in [-0.15, -0.1) is 0 Å². The van der Waals surface area contributed by atoms with Gasteiger partial charge in [-0.05, 0) is 39.1 Å². The lowest BCUT2D eigenvalue weighted by Gasteiger charge is -2.28. The minimum Gasteiger partial charge on any atom is -0.335 e. The maximum Gasteiger partial charge on any atom is 0.243 e. The number of nitrogens with one attached hydrogen (secondary N) is 1. The third-order valence-electron chi connectivity index (χ3n) is 4.49. The number of carbonyl (C=O) groups is 2. The number of amides is 2. The van der Waals surface area contributed by atoms with Crippen molar-refractivity contribution < 1.29 is 14.0 Å². The monoisotopic (exact) mass is 371 g/mol. The minimum atomic E-state index is -0.484. The van der Waals surface area contributed by atoms with Gasteiger partial charge in [0.05, 0.1) is 12.6 Å². The van der Waals surface area contributed by atoms with Crippen LogP contribution < -0.4 is 5.32 Å². The van der Waals surface area contributed by atoms with E-state index in [0.29, 0.717) is 17.8 Å². The van der Waals surface area contributed by atoms with Crippen molar-refractivity contribution in [3.63, 3.8) is 0 Å². The highest BCUT2D eigenvalue weighted by Crippen LogP contribution is 2.12. The summed E-state index contributed by atoms with van der Waals surface area (Å²) in [7, 11) is 3.35. The fourth-order valence-corrected chi connectivity index (χ4v) is 2.67. The van der Waals surface area contributed by atoms with Crippen molar-refractivity contribution in [2.24, 2.45) is 0 Å². The highest BCUT2D eigenvalue weighted by molar-refractivity contribution is 5.95. The molecule has 0 bridgehead atoms. The van der Waals surface area contributed by atoms with E-state index in [4.69, 9.17) is 0 Å². The number of halogens is 1. The first-order valence-electron chi connectivity index (χ1n) is 8.83. The molecule has 0 aromatic heterocycles. The average Bonchev–Trinajstić information content (AvgIpc) is 2.64. The van der Waals surface area contributed by atoms with Gasteiger partial charge in [0, 0.05) is 24.8 Å². The summed E-state index contributed by atoms with van der Waals surface area (Å²) in [5, 5.41) is 2.77. The molecule has 0 heterocycles. The molecule has 2 aromatic carbocycles. The lowest BCUT2D eigenvalue weighted by molar-refractivity contribution is -0.137. The number of benzene rings is 2. The lowest BCUT2D eigenvalue weighted by Crippen LogP contribution is -2.46. The summed E-state index contributed by atoms with van der Waals surface area (Å²) in [6.07, 6.45) is 0. The molecule has 6 heteroatoms. The Morgan fingerprint density at radius 1 is 1.07 bits per heavy atom. The fourth-order valence-electron chi connectivity index (χ4n) is 2.67. The van der Waals surface area contributed by atoms with Crippen LogP contribution in [0.5, 0.6) is 0 Å². The molecule has 0 spiro atoms. The normalized spacial score (nSPS) is 11.9. The Balaban J connectivity index is 1.89. The van der Waals surface area contributed by atoms with Crippen LogP contribution in [0.3, 0.4) is 0 Å². The number of anilines is 1. The summed E-state index contributed by atoms with van der Waals surface area (Å²) in [6, 6.07) is 13.5. The molecule has 144 valence electrons. The first-order chi connectivity index (χ1) is 12.8. The molecule has 0 aliphatic heterocycles. The number of hydrogen-bond acceptors (Lipinski definition) is 3. The van der Waals surface area contributed by atoms with Gasteiger partial charge in [-0.2, -0.15) is 0 Å². The number of likely N-dealkylation sites (N-methyl/N-ethyl adjacent to an activating group) is 2. The molecule has 1 atom stereocenters. The Bertz CT molecular complexity index is 792. The van der Waals surface area contributed by atoms with Crippen LogP contribution in [-0.2, 0) is 16.1 Å². The quantitative estimate of drug-likeness (QED) is 0.814. The van der Waals surface area contributed by atoms with Crippen molar-refractivity contribution in [2.75, 3.05) is 26.0 Å². The van der Waals surface area contributed by atoms with Gasteiger partial charge in [0.2, 0.25) is 11.8 Å². The Morgan fingerprint density at radius 3 is 2.33 bits per heavy atom. The highest BCUT2D eigenvalue weighted by atomic mass is 19.1. The Kier molecular flexibility index (Phi) is 7.07. The molecule has 27 heavy (non-hydrogen) atoms. The fraction of sp³-hybridized carbons (Fsp3) is 0.333. The molecule has 0 aliphatic carbocycles. The maximum absolute atomic E-state index is 13.8. The second kappa shape index (κ2) is 9.28. The third kappa shape index (κ3) is 5.89. The molecule has 2 amide bonds. The van der Waals surface area contributed by atoms with Crippen molar-refractivity contribution in [3.8, 4) is 0 Å². The number of nitrogens with zero attached hydrogens (tertiary/aromatic N) is 2. The van der Waals surface area contributed by atoms with Crippen LogP contribution in [0.25, 0.3) is 0 Å². The lowest BCUT2D eigenvalue weighted by atomic mass is 10.1. The molecule has 1 N–H and O–H groups in total. The van der Waals surface area contributed by atoms with E-state index in [1.807, 2.05) is 31.2 Å². The van der Waals surface area contributed by atoms with Crippen molar-refractivity contribution in [3.05, 3.63) is 65.5 Å². The van der Waals surface area contributed by atoms with Gasteiger partial charge < -0.3 is 10.2 Å². The van der Waals surface area contributed by atoms with E-state index in [2.05, 4.69) is 5.32 Å². The molecule has 0 fully saturated rings. The molecule has 0 unspecified atom stereocenters. The number of aryl methyl sites for hydroxylation is 1. The smallest absolute Gasteiger partial charge is 0.243 e. The van der Waals surface area contributed by atoms with Gasteiger partial charge in [-0.1, -0.05) is 35.9 Å². The van der Waals surface area contributed by atoms with Gasteiger partial charge in [0.1, 0.15) is 5.82 Å². The van der Waals surface area contributed by atoms with Crippen molar-refractivity contribution >= 4 is 17.5 Å². The summed E-state index contributed by atoms with van der Waals surface area (Å²) in [5.41, 5.74) is 2.32. The second-order valence-corrected chi connectivity index (χ2v) is 6.79. The van der Waals surface area contributed by atoms with E-state index in [1.165, 1.54) is 11.0 Å². The van der Waals surface area contributed by atoms with Gasteiger partial charge in [0.25, 0.3) is 0 Å². The van der Waals surface area contributed by atoms with Crippen LogP contribution in [-0.4, -0.2) is 48.3 Å². The molecule has 0 radical (unpaired) electrons. The predicted molar refractivity (Wildman–Crippen MR) is 105 cm³/mol. The van der Waals surface area contributed by atoms with Gasteiger partial charge in [-0.3, -0.25) is 14.5 Å². The summed E-state index contributed by atoms with van der Waals surface area (Å²) < 4.78 is 13.8. The van der Waals surface area contributed by atoms with E-state index >= 15 is 0 Å². The number of carbonyl (C=O) groups excluding carboxylic acids is 2. The van der Waals surface area contributed by atoms with Gasteiger partial charge in [-0.25, -0.2) is 4.39 Å². The molecular weight excluding hydrogens is 345 g/mol. The van der Waals surface area contributed by atoms with E-state index in [9.17, 15) is 14.0 Å². The Labute approximate surface area is 159 Å². The third-order valence-corrected chi connectivity index (χ3v) is 4.49. The van der Waals surface area contributed by atoms with Crippen molar-refractivity contribution in [1.82, 2.24) is 9.80 Å². The zero-order chi connectivity index (χ0) is 20.0. The average molecular weight is 371 g/mol. The number of hydrogen-bond donors (Lipinski definition) is 1. The maximum atomic E-state index is 13.8. The van der Waals surface area contributed by atoms with E-state index in [-0.39, 0.29) is 24.2 Å². The van der Waals surface area contributed by atoms with E-state index in [1.54, 1.807) is 44.1 Å². The number of rotatable bonds is 7. The molecule has 5 nitrogen and oxygen atoms in total. The standard InChI is InChI=1S/C21H26FN3O2/c1-15-9-11-18(12-10-15)23-20(26)14-25(4)21(27)16(2)24(3)13-17-7-5-6-8-19(17)22/h5-12,16H,13-14H2,1-4H3,(H,23,26)/t16-/m0/s1. The minimum absolute atomic E-state index is 0.0510. The second-order valence-electron chi connectivity index (χ2n) is 6.79.